The van der Waals surface area contributed by atoms with Gasteiger partial charge in [-0.05, 0) is 12.0 Å². The fraction of sp³-hybridized carbons (Fsp3) is 0.286. The van der Waals surface area contributed by atoms with E-state index in [1.165, 1.54) is 18.2 Å². The number of carbonyl (C=O) groups is 1. The molecule has 1 aromatic carbocycles. The summed E-state index contributed by atoms with van der Waals surface area (Å²) in [5, 5.41) is 9.10. The van der Waals surface area contributed by atoms with Crippen LogP contribution in [0.1, 0.15) is 41.5 Å². The van der Waals surface area contributed by atoms with E-state index in [-0.39, 0.29) is 23.0 Å². The van der Waals surface area contributed by atoms with E-state index in [0.717, 1.165) is 6.07 Å². The number of hydrogen-bond acceptors (Lipinski definition) is 2. The molecule has 0 atom stereocenters. The standard InChI is InChI=1S/C14H13F3N2O2/c1-7(2)10-11(13(20)21)19-12(18-10)8-5-3-4-6-9(8)14(15,16)17/h3-7H,1-2H3,(H,18,19)(H,20,21). The number of aromatic amines is 1. The van der Waals surface area contributed by atoms with Gasteiger partial charge in [-0.3, -0.25) is 0 Å². The number of aromatic carboxylic acids is 1. The highest BCUT2D eigenvalue weighted by atomic mass is 19.4. The summed E-state index contributed by atoms with van der Waals surface area (Å²) in [6.07, 6.45) is -4.54. The number of rotatable bonds is 3. The highest BCUT2D eigenvalue weighted by molar-refractivity contribution is 5.88. The van der Waals surface area contributed by atoms with Crippen molar-refractivity contribution in [1.29, 1.82) is 0 Å². The predicted octanol–water partition coefficient (Wildman–Crippen LogP) is 3.92. The number of imidazole rings is 1. The maximum absolute atomic E-state index is 13.0. The molecular weight excluding hydrogens is 285 g/mol. The molecule has 0 amide bonds. The zero-order valence-electron chi connectivity index (χ0n) is 11.3. The zero-order valence-corrected chi connectivity index (χ0v) is 11.3. The van der Waals surface area contributed by atoms with Crippen molar-refractivity contribution in [2.45, 2.75) is 25.9 Å². The molecule has 7 heteroatoms. The number of nitrogens with one attached hydrogen (secondary N) is 1. The van der Waals surface area contributed by atoms with Gasteiger partial charge in [0.25, 0.3) is 0 Å². The first-order chi connectivity index (χ1) is 9.71. The molecule has 112 valence electrons. The van der Waals surface area contributed by atoms with E-state index in [4.69, 9.17) is 5.11 Å². The van der Waals surface area contributed by atoms with E-state index < -0.39 is 17.7 Å². The van der Waals surface area contributed by atoms with Crippen molar-refractivity contribution in [2.75, 3.05) is 0 Å². The van der Waals surface area contributed by atoms with Crippen LogP contribution >= 0.6 is 0 Å². The maximum Gasteiger partial charge on any atom is 0.417 e. The predicted molar refractivity (Wildman–Crippen MR) is 70.1 cm³/mol. The minimum atomic E-state index is -4.54. The molecule has 1 aromatic heterocycles. The number of carboxylic acid groups (broad SMARTS) is 1. The molecule has 2 aromatic rings. The molecule has 2 N–H and O–H groups in total. The normalized spacial score (nSPS) is 11.9. The third-order valence-corrected chi connectivity index (χ3v) is 3.00. The average molecular weight is 298 g/mol. The monoisotopic (exact) mass is 298 g/mol. The minimum Gasteiger partial charge on any atom is -0.476 e. The van der Waals surface area contributed by atoms with Gasteiger partial charge in [0.2, 0.25) is 0 Å². The van der Waals surface area contributed by atoms with Crippen molar-refractivity contribution >= 4 is 5.97 Å². The third-order valence-electron chi connectivity index (χ3n) is 3.00. The molecule has 0 aliphatic heterocycles. The van der Waals surface area contributed by atoms with Crippen molar-refractivity contribution in [1.82, 2.24) is 9.97 Å². The molecule has 0 saturated heterocycles. The van der Waals surface area contributed by atoms with Crippen LogP contribution in [0.4, 0.5) is 13.2 Å². The van der Waals surface area contributed by atoms with Crippen LogP contribution in [0.5, 0.6) is 0 Å². The van der Waals surface area contributed by atoms with Crippen LogP contribution in [0.15, 0.2) is 24.3 Å². The first kappa shape index (κ1) is 15.1. The number of benzene rings is 1. The van der Waals surface area contributed by atoms with Gasteiger partial charge in [-0.15, -0.1) is 0 Å². The Morgan fingerprint density at radius 2 is 1.90 bits per heavy atom. The molecule has 0 saturated carbocycles. The summed E-state index contributed by atoms with van der Waals surface area (Å²) in [4.78, 5) is 17.7. The second kappa shape index (κ2) is 5.23. The van der Waals surface area contributed by atoms with Crippen LogP contribution in [0.2, 0.25) is 0 Å². The van der Waals surface area contributed by atoms with E-state index >= 15 is 0 Å². The van der Waals surface area contributed by atoms with Gasteiger partial charge in [-0.25, -0.2) is 9.78 Å². The van der Waals surface area contributed by atoms with Crippen LogP contribution in [0.25, 0.3) is 11.4 Å². The van der Waals surface area contributed by atoms with Crippen molar-refractivity contribution in [3.63, 3.8) is 0 Å². The lowest BCUT2D eigenvalue weighted by molar-refractivity contribution is -0.137. The summed E-state index contributed by atoms with van der Waals surface area (Å²) < 4.78 is 39.0. The van der Waals surface area contributed by atoms with Crippen molar-refractivity contribution in [2.24, 2.45) is 0 Å². The fourth-order valence-electron chi connectivity index (χ4n) is 2.03. The summed E-state index contributed by atoms with van der Waals surface area (Å²) in [7, 11) is 0. The Hall–Kier alpha value is -2.31. The first-order valence-electron chi connectivity index (χ1n) is 6.21. The average Bonchev–Trinajstić information content (AvgIpc) is 2.83. The summed E-state index contributed by atoms with van der Waals surface area (Å²) >= 11 is 0. The largest absolute Gasteiger partial charge is 0.476 e. The van der Waals surface area contributed by atoms with E-state index in [2.05, 4.69) is 9.97 Å². The van der Waals surface area contributed by atoms with E-state index in [9.17, 15) is 18.0 Å². The fourth-order valence-corrected chi connectivity index (χ4v) is 2.03. The number of H-pyrrole nitrogens is 1. The highest BCUT2D eigenvalue weighted by Crippen LogP contribution is 2.36. The molecule has 21 heavy (non-hydrogen) atoms. The summed E-state index contributed by atoms with van der Waals surface area (Å²) in [5.41, 5.74) is -0.975. The Kier molecular flexibility index (Phi) is 3.76. The van der Waals surface area contributed by atoms with Crippen LogP contribution in [0.3, 0.4) is 0 Å². The lowest BCUT2D eigenvalue weighted by Gasteiger charge is -2.10. The molecule has 0 fully saturated rings. The molecule has 0 unspecified atom stereocenters. The number of alkyl halides is 3. The summed E-state index contributed by atoms with van der Waals surface area (Å²) in [5.74, 6) is -1.56. The van der Waals surface area contributed by atoms with Gasteiger partial charge in [0.15, 0.2) is 5.69 Å². The number of aromatic nitrogens is 2. The van der Waals surface area contributed by atoms with Crippen molar-refractivity contribution in [3.05, 3.63) is 41.2 Å². The molecule has 0 spiro atoms. The molecule has 2 rings (SSSR count). The summed E-state index contributed by atoms with van der Waals surface area (Å²) in [6, 6.07) is 4.92. The van der Waals surface area contributed by atoms with Crippen molar-refractivity contribution < 1.29 is 23.1 Å². The second-order valence-electron chi connectivity index (χ2n) is 4.85. The number of nitrogens with zero attached hydrogens (tertiary/aromatic N) is 1. The molecule has 0 aliphatic carbocycles. The molecule has 0 radical (unpaired) electrons. The Morgan fingerprint density at radius 1 is 1.29 bits per heavy atom. The lowest BCUT2D eigenvalue weighted by atomic mass is 10.1. The first-order valence-corrected chi connectivity index (χ1v) is 6.21. The smallest absolute Gasteiger partial charge is 0.417 e. The maximum atomic E-state index is 13.0. The number of carboxylic acids is 1. The Labute approximate surface area is 118 Å². The third kappa shape index (κ3) is 2.91. The molecule has 0 bridgehead atoms. The molecule has 0 aliphatic rings. The van der Waals surface area contributed by atoms with Gasteiger partial charge in [0.05, 0.1) is 11.3 Å². The quantitative estimate of drug-likeness (QED) is 0.902. The lowest BCUT2D eigenvalue weighted by Crippen LogP contribution is -2.07. The highest BCUT2D eigenvalue weighted by Gasteiger charge is 2.34. The van der Waals surface area contributed by atoms with Gasteiger partial charge >= 0.3 is 12.1 Å². The van der Waals surface area contributed by atoms with Crippen LogP contribution in [0, 0.1) is 0 Å². The van der Waals surface area contributed by atoms with Crippen molar-refractivity contribution in [3.8, 4) is 11.4 Å². The van der Waals surface area contributed by atoms with Gasteiger partial charge in [0, 0.05) is 5.56 Å². The van der Waals surface area contributed by atoms with E-state index in [1.807, 2.05) is 0 Å². The van der Waals surface area contributed by atoms with E-state index in [1.54, 1.807) is 13.8 Å². The van der Waals surface area contributed by atoms with Crippen LogP contribution in [-0.2, 0) is 6.18 Å². The van der Waals surface area contributed by atoms with Gasteiger partial charge in [0.1, 0.15) is 5.82 Å². The Morgan fingerprint density at radius 3 is 2.38 bits per heavy atom. The van der Waals surface area contributed by atoms with E-state index in [0.29, 0.717) is 5.69 Å². The molecule has 1 heterocycles. The topological polar surface area (TPSA) is 66.0 Å². The van der Waals surface area contributed by atoms with Gasteiger partial charge < -0.3 is 10.1 Å². The van der Waals surface area contributed by atoms with Gasteiger partial charge in [-0.1, -0.05) is 32.0 Å². The number of hydrogen-bond donors (Lipinski definition) is 2. The SMILES string of the molecule is CC(C)c1[nH]c(-c2ccccc2C(F)(F)F)nc1C(=O)O. The number of halogens is 3. The molecule has 4 nitrogen and oxygen atoms in total. The minimum absolute atomic E-state index is 0.0935. The van der Waals surface area contributed by atoms with Gasteiger partial charge in [-0.2, -0.15) is 13.2 Å². The Balaban J connectivity index is 2.64. The molecular formula is C14H13F3N2O2. The second-order valence-corrected chi connectivity index (χ2v) is 4.85. The zero-order chi connectivity index (χ0) is 15.8. The van der Waals surface area contributed by atoms with Crippen LogP contribution in [-0.4, -0.2) is 21.0 Å². The Bertz CT molecular complexity index is 675. The van der Waals surface area contributed by atoms with Crippen LogP contribution < -0.4 is 0 Å². The summed E-state index contributed by atoms with van der Waals surface area (Å²) in [6.45, 7) is 3.47.